The zero-order chi connectivity index (χ0) is 24.8. The number of benzene rings is 2. The molecule has 1 fully saturated rings. The minimum Gasteiger partial charge on any atom is -0.497 e. The zero-order valence-electron chi connectivity index (χ0n) is 20.8. The van der Waals surface area contributed by atoms with E-state index in [0.29, 0.717) is 17.4 Å². The molecule has 0 spiro atoms. The van der Waals surface area contributed by atoms with Crippen LogP contribution in [0.5, 0.6) is 5.75 Å². The molecule has 35 heavy (non-hydrogen) atoms. The molecule has 2 atom stereocenters. The number of hydrogen-bond acceptors (Lipinski definition) is 4. The molecule has 6 nitrogen and oxygen atoms in total. The maximum absolute atomic E-state index is 13.2. The van der Waals surface area contributed by atoms with Crippen molar-refractivity contribution in [3.8, 4) is 5.75 Å². The lowest BCUT2D eigenvalue weighted by atomic mass is 9.76. The van der Waals surface area contributed by atoms with E-state index < -0.39 is 10.0 Å². The highest BCUT2D eigenvalue weighted by Crippen LogP contribution is 2.37. The number of ether oxygens (including phenoxy) is 1. The summed E-state index contributed by atoms with van der Waals surface area (Å²) in [6, 6.07) is 15.0. The van der Waals surface area contributed by atoms with Gasteiger partial charge in [-0.3, -0.25) is 4.79 Å². The van der Waals surface area contributed by atoms with Crippen molar-refractivity contribution >= 4 is 15.9 Å². The Balaban J connectivity index is 1.30. The second-order valence-corrected chi connectivity index (χ2v) is 11.8. The molecule has 2 aliphatic rings. The fourth-order valence-corrected chi connectivity index (χ4v) is 6.83. The van der Waals surface area contributed by atoms with Gasteiger partial charge in [-0.05, 0) is 86.3 Å². The Labute approximate surface area is 209 Å². The lowest BCUT2D eigenvalue weighted by Gasteiger charge is -2.36. The van der Waals surface area contributed by atoms with Crippen LogP contribution < -0.4 is 14.8 Å². The van der Waals surface area contributed by atoms with Crippen LogP contribution in [-0.2, 0) is 21.2 Å². The molecule has 4 rings (SSSR count). The molecule has 2 aromatic rings. The molecular formula is C28H38N2O4S. The van der Waals surface area contributed by atoms with Crippen molar-refractivity contribution in [2.45, 2.75) is 75.1 Å². The standard InChI is InChI=1S/C28H38N2O4S/c1-3-7-26-25-16-15-23(34-2)18-22(25)14-17-27(26)30-28(31)21-12-10-20(11-13-21)19-29-35(32,33)24-8-5-4-6-9-24/h4-6,8-9,15-16,18,20-21,26-27,29H,3,7,10-14,17,19H2,1-2H3,(H,30,31)/t20-,21+,26?,27-/m1/s1. The number of carbonyl (C=O) groups excluding carboxylic acids is 1. The Bertz CT molecular complexity index is 1100. The molecule has 0 heterocycles. The van der Waals surface area contributed by atoms with Crippen LogP contribution >= 0.6 is 0 Å². The average molecular weight is 499 g/mol. The number of methoxy groups -OCH3 is 1. The van der Waals surface area contributed by atoms with E-state index in [2.05, 4.69) is 29.1 Å². The van der Waals surface area contributed by atoms with E-state index in [-0.39, 0.29) is 23.8 Å². The fourth-order valence-electron chi connectivity index (χ4n) is 5.70. The van der Waals surface area contributed by atoms with Crippen LogP contribution in [0.2, 0.25) is 0 Å². The van der Waals surface area contributed by atoms with E-state index in [9.17, 15) is 13.2 Å². The third kappa shape index (κ3) is 6.25. The van der Waals surface area contributed by atoms with Crippen LogP contribution in [0.3, 0.4) is 0 Å². The van der Waals surface area contributed by atoms with E-state index >= 15 is 0 Å². The van der Waals surface area contributed by atoms with E-state index in [1.54, 1.807) is 37.4 Å². The summed E-state index contributed by atoms with van der Waals surface area (Å²) in [5, 5.41) is 3.40. The van der Waals surface area contributed by atoms with Gasteiger partial charge in [-0.1, -0.05) is 37.6 Å². The van der Waals surface area contributed by atoms with Gasteiger partial charge in [0.2, 0.25) is 15.9 Å². The third-order valence-electron chi connectivity index (χ3n) is 7.72. The summed E-state index contributed by atoms with van der Waals surface area (Å²) in [5.41, 5.74) is 2.69. The number of sulfonamides is 1. The summed E-state index contributed by atoms with van der Waals surface area (Å²) in [6.07, 6.45) is 7.37. The number of fused-ring (bicyclic) bond motifs is 1. The fraction of sp³-hybridized carbons (Fsp3) is 0.536. The van der Waals surface area contributed by atoms with Crippen molar-refractivity contribution in [3.05, 3.63) is 59.7 Å². The Morgan fingerprint density at radius 3 is 2.46 bits per heavy atom. The predicted octanol–water partition coefficient (Wildman–Crippen LogP) is 4.79. The van der Waals surface area contributed by atoms with Gasteiger partial charge in [0.05, 0.1) is 12.0 Å². The molecule has 0 bridgehead atoms. The van der Waals surface area contributed by atoms with E-state index in [1.165, 1.54) is 11.1 Å². The molecule has 1 unspecified atom stereocenters. The van der Waals surface area contributed by atoms with Crippen molar-refractivity contribution in [2.75, 3.05) is 13.7 Å². The molecule has 1 amide bonds. The summed E-state index contributed by atoms with van der Waals surface area (Å²) in [7, 11) is -1.79. The number of hydrogen-bond donors (Lipinski definition) is 2. The zero-order valence-corrected chi connectivity index (χ0v) is 21.6. The normalized spacial score (nSPS) is 24.4. The summed E-state index contributed by atoms with van der Waals surface area (Å²) >= 11 is 0. The molecule has 190 valence electrons. The predicted molar refractivity (Wildman–Crippen MR) is 138 cm³/mol. The Morgan fingerprint density at radius 2 is 1.77 bits per heavy atom. The Morgan fingerprint density at radius 1 is 1.03 bits per heavy atom. The summed E-state index contributed by atoms with van der Waals surface area (Å²) < 4.78 is 33.1. The highest BCUT2D eigenvalue weighted by molar-refractivity contribution is 7.89. The van der Waals surface area contributed by atoms with Crippen LogP contribution in [0.4, 0.5) is 0 Å². The largest absolute Gasteiger partial charge is 0.497 e. The maximum atomic E-state index is 13.2. The number of rotatable bonds is 9. The van der Waals surface area contributed by atoms with Gasteiger partial charge >= 0.3 is 0 Å². The van der Waals surface area contributed by atoms with Gasteiger partial charge < -0.3 is 10.1 Å². The smallest absolute Gasteiger partial charge is 0.240 e. The number of carbonyl (C=O) groups is 1. The van der Waals surface area contributed by atoms with Gasteiger partial charge in [0.25, 0.3) is 0 Å². The molecule has 7 heteroatoms. The number of amides is 1. The minimum absolute atomic E-state index is 0.0107. The Kier molecular flexibility index (Phi) is 8.50. The molecule has 2 aliphatic carbocycles. The summed E-state index contributed by atoms with van der Waals surface area (Å²) in [4.78, 5) is 13.5. The highest BCUT2D eigenvalue weighted by Gasteiger charge is 2.33. The average Bonchev–Trinajstić information content (AvgIpc) is 2.89. The van der Waals surface area contributed by atoms with Gasteiger partial charge in [-0.15, -0.1) is 0 Å². The van der Waals surface area contributed by atoms with Crippen LogP contribution in [0.15, 0.2) is 53.4 Å². The first-order chi connectivity index (χ1) is 16.9. The third-order valence-corrected chi connectivity index (χ3v) is 9.16. The van der Waals surface area contributed by atoms with Gasteiger partial charge in [0, 0.05) is 24.4 Å². The molecule has 0 aromatic heterocycles. The first kappa shape index (κ1) is 25.7. The molecule has 2 N–H and O–H groups in total. The monoisotopic (exact) mass is 498 g/mol. The van der Waals surface area contributed by atoms with Crippen molar-refractivity contribution in [3.63, 3.8) is 0 Å². The number of aryl methyl sites for hydroxylation is 1. The lowest BCUT2D eigenvalue weighted by molar-refractivity contribution is -0.127. The molecular weight excluding hydrogens is 460 g/mol. The van der Waals surface area contributed by atoms with Gasteiger partial charge in [-0.2, -0.15) is 0 Å². The molecule has 0 radical (unpaired) electrons. The topological polar surface area (TPSA) is 84.5 Å². The van der Waals surface area contributed by atoms with Crippen LogP contribution in [-0.4, -0.2) is 34.0 Å². The molecule has 0 saturated heterocycles. The SMILES string of the molecule is CCCC1c2ccc(OC)cc2CC[C@H]1NC(=O)[C@H]1CC[C@@H](CNS(=O)(=O)c2ccccc2)CC1. The van der Waals surface area contributed by atoms with Crippen LogP contribution in [0.1, 0.15) is 68.9 Å². The van der Waals surface area contributed by atoms with E-state index in [0.717, 1.165) is 57.1 Å². The highest BCUT2D eigenvalue weighted by atomic mass is 32.2. The number of nitrogens with one attached hydrogen (secondary N) is 2. The molecule has 0 aliphatic heterocycles. The molecule has 1 saturated carbocycles. The van der Waals surface area contributed by atoms with E-state index in [4.69, 9.17) is 4.74 Å². The van der Waals surface area contributed by atoms with Crippen molar-refractivity contribution in [2.24, 2.45) is 11.8 Å². The van der Waals surface area contributed by atoms with Gasteiger partial charge in [0.1, 0.15) is 5.75 Å². The Hall–Kier alpha value is -2.38. The maximum Gasteiger partial charge on any atom is 0.240 e. The minimum atomic E-state index is -3.49. The van der Waals surface area contributed by atoms with Crippen molar-refractivity contribution in [1.29, 1.82) is 0 Å². The quantitative estimate of drug-likeness (QED) is 0.520. The van der Waals surface area contributed by atoms with E-state index in [1.807, 2.05) is 6.07 Å². The second-order valence-electron chi connectivity index (χ2n) is 10.00. The van der Waals surface area contributed by atoms with Crippen LogP contribution in [0.25, 0.3) is 0 Å². The van der Waals surface area contributed by atoms with Crippen LogP contribution in [0, 0.1) is 11.8 Å². The lowest BCUT2D eigenvalue weighted by Crippen LogP contribution is -2.45. The first-order valence-corrected chi connectivity index (χ1v) is 14.4. The van der Waals surface area contributed by atoms with Crippen molar-refractivity contribution < 1.29 is 17.9 Å². The van der Waals surface area contributed by atoms with Gasteiger partial charge in [0.15, 0.2) is 0 Å². The second kappa shape index (κ2) is 11.6. The molecule has 2 aromatic carbocycles. The first-order valence-electron chi connectivity index (χ1n) is 12.9. The van der Waals surface area contributed by atoms with Gasteiger partial charge in [-0.25, -0.2) is 13.1 Å². The van der Waals surface area contributed by atoms with Crippen molar-refractivity contribution in [1.82, 2.24) is 10.0 Å². The summed E-state index contributed by atoms with van der Waals surface area (Å²) in [5.74, 6) is 1.67. The summed E-state index contributed by atoms with van der Waals surface area (Å²) in [6.45, 7) is 2.62.